The molecule has 15 atom stereocenters. The second kappa shape index (κ2) is 48.8. The Kier molecular flexibility index (Phi) is 38.0. The largest absolute Gasteiger partial charge is 0.508 e. The van der Waals surface area contributed by atoms with Gasteiger partial charge in [-0.15, -0.1) is 11.8 Å². The Morgan fingerprint density at radius 3 is 1.60 bits per heavy atom. The molecule has 16 amide bonds. The molecule has 5 aromatic carbocycles. The number of aromatic amines is 1. The van der Waals surface area contributed by atoms with E-state index in [0.29, 0.717) is 51.3 Å². The zero-order valence-electron chi connectivity index (χ0n) is 75.7. The number of rotatable bonds is 24. The SMILES string of the molecule is CCCC[C@H]1C(=O)N2C[C@H](O)C[C@@H]2C(=O)N[C@@H](CC(=O)O)C(=O)N[C@@H](C(C)C)C(=O)N(C)[C@@H](Cc2ccccc2)C(=O)N[C@@H](CCC(N)=O)C(=O)N2C[C@H](O)C[C@@H]2C(=O)N[C@@H](Cc2c[nH]c3ccccc23)C(=O)N[C@@H](Cc2ccc(O)cc2)C(=O)N[C@H](CC(C)C)C(=O)N[C@H](C(=O)NCC(N)=O)CSCC(=O)N[C@H](Cc2ccc(F)c(F)c2)C(=O)N(C)[C@@H](Cc2ccccc2)C(=O)N1C. The summed E-state index contributed by atoms with van der Waals surface area (Å²) >= 11 is 0.701. The van der Waals surface area contributed by atoms with Gasteiger partial charge in [-0.3, -0.25) is 81.5 Å². The number of amides is 16. The Morgan fingerprint density at radius 1 is 0.507 bits per heavy atom. The van der Waals surface area contributed by atoms with E-state index in [-0.39, 0.29) is 56.3 Å². The van der Waals surface area contributed by atoms with Crippen LogP contribution in [0, 0.1) is 23.5 Å². The fourth-order valence-corrected chi connectivity index (χ4v) is 17.3. The van der Waals surface area contributed by atoms with Gasteiger partial charge in [0, 0.05) is 108 Å². The molecule has 18 N–H and O–H groups in total. The number of aliphatic carboxylic acids is 1. The van der Waals surface area contributed by atoms with Gasteiger partial charge in [0.05, 0.1) is 30.9 Å². The summed E-state index contributed by atoms with van der Waals surface area (Å²) in [4.78, 5) is 258. The molecule has 41 heteroatoms. The number of nitrogens with one attached hydrogen (secondary N) is 10. The normalized spacial score (nSPS) is 24.6. The van der Waals surface area contributed by atoms with Crippen molar-refractivity contribution in [2.45, 2.75) is 215 Å². The number of H-pyrrole nitrogens is 1. The zero-order chi connectivity index (χ0) is 98.1. The molecule has 3 saturated heterocycles. The molecule has 0 unspecified atom stereocenters. The predicted molar refractivity (Wildman–Crippen MR) is 486 cm³/mol. The minimum absolute atomic E-state index is 0.0322. The van der Waals surface area contributed by atoms with Crippen LogP contribution in [-0.2, 0) is 114 Å². The number of aromatic nitrogens is 1. The van der Waals surface area contributed by atoms with E-state index >= 15 is 52.3 Å². The predicted octanol–water partition coefficient (Wildman–Crippen LogP) is -0.0712. The molecule has 38 nitrogen and oxygen atoms in total. The summed E-state index contributed by atoms with van der Waals surface area (Å²) in [5, 5.41) is 67.6. The number of carboxylic acid groups (broad SMARTS) is 1. The highest BCUT2D eigenvalue weighted by atomic mass is 32.2. The maximum atomic E-state index is 15.7. The molecule has 0 spiro atoms. The highest BCUT2D eigenvalue weighted by Crippen LogP contribution is 2.29. The lowest BCUT2D eigenvalue weighted by molar-refractivity contribution is -0.152. The summed E-state index contributed by atoms with van der Waals surface area (Å²) in [7, 11) is 3.69. The number of aromatic hydroxyl groups is 1. The van der Waals surface area contributed by atoms with Crippen LogP contribution in [0.2, 0.25) is 0 Å². The molecule has 3 fully saturated rings. The van der Waals surface area contributed by atoms with Crippen molar-refractivity contribution in [3.8, 4) is 5.75 Å². The number of hydrogen-bond donors (Lipinski definition) is 16. The number of carbonyl (C=O) groups is 17. The highest BCUT2D eigenvalue weighted by Gasteiger charge is 2.48. The minimum Gasteiger partial charge on any atom is -0.508 e. The Labute approximate surface area is 777 Å². The van der Waals surface area contributed by atoms with Crippen LogP contribution in [0.25, 0.3) is 10.9 Å². The van der Waals surface area contributed by atoms with E-state index < -0.39 is 284 Å². The first-order valence-corrected chi connectivity index (χ1v) is 45.4. The quantitative estimate of drug-likeness (QED) is 0.0377. The van der Waals surface area contributed by atoms with Gasteiger partial charge in [0.2, 0.25) is 94.5 Å². The van der Waals surface area contributed by atoms with E-state index in [1.54, 1.807) is 112 Å². The van der Waals surface area contributed by atoms with Crippen molar-refractivity contribution in [1.29, 1.82) is 0 Å². The number of primary amides is 2. The molecule has 1 aromatic heterocycles. The first-order chi connectivity index (χ1) is 63.6. The first-order valence-electron chi connectivity index (χ1n) is 44.3. The van der Waals surface area contributed by atoms with Crippen molar-refractivity contribution >= 4 is 123 Å². The van der Waals surface area contributed by atoms with Gasteiger partial charge < -0.3 is 109 Å². The Bertz CT molecular complexity index is 5230. The third-order valence-corrected chi connectivity index (χ3v) is 24.7. The number of fused-ring (bicyclic) bond motifs is 3. The van der Waals surface area contributed by atoms with Gasteiger partial charge in [-0.25, -0.2) is 8.78 Å². The van der Waals surface area contributed by atoms with Gasteiger partial charge in [-0.05, 0) is 89.2 Å². The molecule has 134 heavy (non-hydrogen) atoms. The Balaban J connectivity index is 1.14. The summed E-state index contributed by atoms with van der Waals surface area (Å²) < 4.78 is 29.8. The fourth-order valence-electron chi connectivity index (χ4n) is 16.4. The number of thioether (sulfide) groups is 1. The van der Waals surface area contributed by atoms with E-state index in [1.807, 2.05) is 0 Å². The number of nitrogens with zero attached hydrogens (tertiary/aromatic N) is 5. The molecule has 0 saturated carbocycles. The number of carbonyl (C=O) groups excluding carboxylic acids is 16. The van der Waals surface area contributed by atoms with Crippen molar-refractivity contribution in [3.63, 3.8) is 0 Å². The first kappa shape index (κ1) is 104. The molecular formula is C93H119F2N17O21S. The van der Waals surface area contributed by atoms with Crippen LogP contribution in [0.15, 0.2) is 134 Å². The Morgan fingerprint density at radius 2 is 1.02 bits per heavy atom. The van der Waals surface area contributed by atoms with Crippen molar-refractivity contribution in [3.05, 3.63) is 173 Å². The van der Waals surface area contributed by atoms with Gasteiger partial charge in [-0.2, -0.15) is 0 Å². The fraction of sp³-hybridized carbons (Fsp3) is 0.473. The monoisotopic (exact) mass is 1880 g/mol. The van der Waals surface area contributed by atoms with Crippen LogP contribution in [0.4, 0.5) is 8.78 Å². The lowest BCUT2D eigenvalue weighted by Crippen LogP contribution is -2.62. The topological polar surface area (TPSA) is 563 Å². The number of benzene rings is 5. The molecule has 9 rings (SSSR count). The number of nitrogens with two attached hydrogens (primary N) is 2. The van der Waals surface area contributed by atoms with Crippen molar-refractivity contribution in [2.24, 2.45) is 23.3 Å². The smallest absolute Gasteiger partial charge is 0.305 e. The molecular weight excluding hydrogens is 1760 g/mol. The van der Waals surface area contributed by atoms with Crippen molar-refractivity contribution < 1.29 is 111 Å². The molecule has 0 aliphatic carbocycles. The lowest BCUT2D eigenvalue weighted by atomic mass is 9.98. The minimum atomic E-state index is -2.05. The molecule has 0 radical (unpaired) electrons. The van der Waals surface area contributed by atoms with Gasteiger partial charge in [0.1, 0.15) is 84.3 Å². The summed E-state index contributed by atoms with van der Waals surface area (Å²) in [5.41, 5.74) is 13.4. The average molecular weight is 1880 g/mol. The van der Waals surface area contributed by atoms with E-state index in [9.17, 15) is 58.4 Å². The van der Waals surface area contributed by atoms with E-state index in [4.69, 9.17) is 11.5 Å². The molecule has 6 aromatic rings. The lowest BCUT2D eigenvalue weighted by Gasteiger charge is -2.38. The maximum Gasteiger partial charge on any atom is 0.305 e. The van der Waals surface area contributed by atoms with Crippen LogP contribution >= 0.6 is 11.8 Å². The molecule has 0 bridgehead atoms. The zero-order valence-corrected chi connectivity index (χ0v) is 76.6. The number of unbranched alkanes of at least 4 members (excludes halogenated alkanes) is 1. The number of carboxylic acids is 1. The second-order valence-corrected chi connectivity index (χ2v) is 35.8. The van der Waals surface area contributed by atoms with E-state index in [1.165, 1.54) is 59.3 Å². The number of aliphatic hydroxyl groups excluding tert-OH is 2. The van der Waals surface area contributed by atoms with E-state index in [2.05, 4.69) is 52.8 Å². The van der Waals surface area contributed by atoms with Gasteiger partial charge >= 0.3 is 5.97 Å². The molecule has 3 aliphatic heterocycles. The number of aliphatic hydroxyl groups is 2. The average Bonchev–Trinajstić information content (AvgIpc) is 1.56. The number of likely N-dealkylation sites (N-methyl/N-ethyl adjacent to an activating group) is 3. The van der Waals surface area contributed by atoms with Crippen molar-refractivity contribution in [1.82, 2.24) is 77.3 Å². The van der Waals surface area contributed by atoms with Crippen LogP contribution in [0.5, 0.6) is 5.75 Å². The Hall–Kier alpha value is -13.4. The number of phenolic OH excluding ortho intramolecular Hbond substituents is 1. The summed E-state index contributed by atoms with van der Waals surface area (Å²) in [6.07, 6.45) is -6.08. The van der Waals surface area contributed by atoms with Crippen LogP contribution in [0.3, 0.4) is 0 Å². The van der Waals surface area contributed by atoms with Gasteiger partial charge in [-0.1, -0.05) is 145 Å². The van der Waals surface area contributed by atoms with E-state index in [0.717, 1.165) is 42.7 Å². The molecule has 722 valence electrons. The van der Waals surface area contributed by atoms with Crippen molar-refractivity contribution in [2.75, 3.05) is 52.3 Å². The molecule has 4 heterocycles. The third-order valence-electron chi connectivity index (χ3n) is 23.7. The third kappa shape index (κ3) is 29.0. The van der Waals surface area contributed by atoms with Crippen LogP contribution < -0.4 is 59.3 Å². The van der Waals surface area contributed by atoms with Gasteiger partial charge in [0.15, 0.2) is 11.6 Å². The van der Waals surface area contributed by atoms with Crippen LogP contribution in [-0.4, -0.2) is 293 Å². The second-order valence-electron chi connectivity index (χ2n) is 34.7. The molecule has 3 aliphatic rings. The summed E-state index contributed by atoms with van der Waals surface area (Å²) in [6, 6.07) is 9.51. The maximum absolute atomic E-state index is 15.7. The number of hydrogen-bond acceptors (Lipinski definition) is 21. The number of phenols is 1. The standard InChI is InChI=1S/C93H119F2N17O21S/c1-9-10-25-71-92(132)112-47-59(115)42-74(112)88(128)105-68(43-79(119)120)85(125)107-80(51(4)5)93(133)109(7)72(38-52-19-13-11-14-20-52)86(126)101-64(32-33-76(96)116)90(130)111-46-58(114)41-73(111)87(127)104-67(40-56-44-98-63-24-18-17-23-60(56)63)84(124)103-66(36-54-26-29-57(113)30-27-54)83(123)102-65(34-50(2)3)82(122)106-70(81(121)99-45-77(97)117)48-134-49-78(118)100-69(37-55-28-31-61(94)62(95)35-55)89(129)110(8)75(91(131)108(71)6)39-53-21-15-12-16-22-53/h11-24,26-31,35,44,50-51,58-59,64-75,80,98,113-115H,9-10,25,32-34,36-43,45-49H2,1-8H3,(H2,96,116)(H2,97,117)(H,99,121)(H,100,118)(H,101,126)(H,102,123)(H,103,124)(H,104,127)(H,105,128)(H,106,122)(H,107,125)(H,119,120)/t58-,59-,64+,65-,66+,67+,68+,69-,70+,71+,72+,73-,74-,75+,80+/m1/s1. The highest BCUT2D eigenvalue weighted by molar-refractivity contribution is 8.00. The number of para-hydroxylation sites is 1. The summed E-state index contributed by atoms with van der Waals surface area (Å²) in [6.45, 7) is 6.28. The van der Waals surface area contributed by atoms with Crippen LogP contribution in [0.1, 0.15) is 120 Å². The van der Waals surface area contributed by atoms with Gasteiger partial charge in [0.25, 0.3) is 0 Å². The number of halogens is 2. The summed E-state index contributed by atoms with van der Waals surface area (Å²) in [5.74, 6) is -23.4.